The summed E-state index contributed by atoms with van der Waals surface area (Å²) in [6, 6.07) is 0. The lowest BCUT2D eigenvalue weighted by atomic mass is 9.80. The van der Waals surface area contributed by atoms with Crippen LogP contribution in [0.25, 0.3) is 0 Å². The highest BCUT2D eigenvalue weighted by Gasteiger charge is 2.55. The van der Waals surface area contributed by atoms with Gasteiger partial charge in [0.05, 0.1) is 31.7 Å². The number of fused-ring (bicyclic) bond motifs is 1. The molecule has 0 unspecified atom stereocenters. The van der Waals surface area contributed by atoms with E-state index in [9.17, 15) is 4.79 Å². The fourth-order valence-corrected chi connectivity index (χ4v) is 4.30. The van der Waals surface area contributed by atoms with Gasteiger partial charge in [-0.3, -0.25) is 9.69 Å². The number of carbonyl (C=O) groups is 1. The highest BCUT2D eigenvalue weighted by molar-refractivity contribution is 7.09. The molecule has 10 heteroatoms. The maximum absolute atomic E-state index is 12.9. The number of nitrogens with zero attached hydrogens (tertiary/aromatic N) is 4. The second-order valence-electron chi connectivity index (χ2n) is 6.72. The van der Waals surface area contributed by atoms with E-state index in [1.165, 1.54) is 0 Å². The molecule has 26 heavy (non-hydrogen) atoms. The number of aryl methyl sites for hydroxylation is 1. The summed E-state index contributed by atoms with van der Waals surface area (Å²) in [7, 11) is 0. The van der Waals surface area contributed by atoms with E-state index in [1.807, 2.05) is 11.6 Å². The Hall–Kier alpha value is -2.04. The lowest BCUT2D eigenvalue weighted by Crippen LogP contribution is -2.47. The van der Waals surface area contributed by atoms with Crippen LogP contribution in [-0.4, -0.2) is 65.6 Å². The van der Waals surface area contributed by atoms with Crippen LogP contribution in [-0.2, 0) is 16.1 Å². The Bertz CT molecular complexity index is 752. The van der Waals surface area contributed by atoms with Crippen LogP contribution in [0.3, 0.4) is 0 Å². The molecule has 1 amide bonds. The van der Waals surface area contributed by atoms with E-state index in [1.54, 1.807) is 18.3 Å². The molecule has 2 aliphatic heterocycles. The third-order valence-corrected chi connectivity index (χ3v) is 5.74. The second kappa shape index (κ2) is 7.29. The fraction of sp³-hybridized carbons (Fsp3) is 0.625. The molecular weight excluding hydrogens is 358 g/mol. The van der Waals surface area contributed by atoms with Crippen molar-refractivity contribution in [1.29, 1.82) is 0 Å². The Morgan fingerprint density at radius 1 is 1.54 bits per heavy atom. The summed E-state index contributed by atoms with van der Waals surface area (Å²) in [4.78, 5) is 19.5. The predicted molar refractivity (Wildman–Crippen MR) is 91.7 cm³/mol. The van der Waals surface area contributed by atoms with Crippen molar-refractivity contribution < 1.29 is 18.9 Å². The van der Waals surface area contributed by atoms with E-state index >= 15 is 0 Å². The molecule has 9 nitrogen and oxygen atoms in total. The number of thiazole rings is 1. The molecule has 0 radical (unpaired) electrons. The summed E-state index contributed by atoms with van der Waals surface area (Å²) < 4.78 is 15.7. The van der Waals surface area contributed by atoms with Crippen LogP contribution in [0, 0.1) is 18.3 Å². The number of likely N-dealkylation sites (tertiary alicyclic amines) is 1. The molecule has 2 atom stereocenters. The molecule has 2 fully saturated rings. The largest absolute Gasteiger partial charge is 0.472 e. The van der Waals surface area contributed by atoms with Crippen LogP contribution in [0.4, 0.5) is 0 Å². The third kappa shape index (κ3) is 3.31. The van der Waals surface area contributed by atoms with Crippen LogP contribution in [0.2, 0.25) is 0 Å². The Kier molecular flexibility index (Phi) is 4.88. The topological polar surface area (TPSA) is 103 Å². The van der Waals surface area contributed by atoms with Gasteiger partial charge in [-0.25, -0.2) is 9.61 Å². The van der Waals surface area contributed by atoms with Gasteiger partial charge in [-0.05, 0) is 12.1 Å². The van der Waals surface area contributed by atoms with Crippen molar-refractivity contribution in [2.75, 3.05) is 39.5 Å². The zero-order valence-corrected chi connectivity index (χ0v) is 15.3. The van der Waals surface area contributed by atoms with Gasteiger partial charge in [0, 0.05) is 30.6 Å². The molecule has 1 N–H and O–H groups in total. The quantitative estimate of drug-likeness (QED) is 0.693. The van der Waals surface area contributed by atoms with E-state index in [0.717, 1.165) is 18.1 Å². The average molecular weight is 379 g/mol. The minimum Gasteiger partial charge on any atom is -0.472 e. The van der Waals surface area contributed by atoms with Gasteiger partial charge in [0.15, 0.2) is 0 Å². The van der Waals surface area contributed by atoms with Crippen molar-refractivity contribution in [1.82, 2.24) is 25.5 Å². The van der Waals surface area contributed by atoms with Crippen LogP contribution in [0.15, 0.2) is 16.2 Å². The average Bonchev–Trinajstić information content (AvgIpc) is 3.37. The maximum Gasteiger partial charge on any atom is 0.278 e. The number of ether oxygens (including phenoxy) is 2. The molecule has 4 heterocycles. The van der Waals surface area contributed by atoms with Crippen molar-refractivity contribution in [2.24, 2.45) is 11.3 Å². The van der Waals surface area contributed by atoms with Gasteiger partial charge in [0.25, 0.3) is 5.88 Å². The smallest absolute Gasteiger partial charge is 0.278 e. The van der Waals surface area contributed by atoms with Gasteiger partial charge in [-0.2, -0.15) is 0 Å². The standard InChI is InChI=1S/C16H21N5O4S/c1-11-14(20-25-19-11)24-4-2-18-15(22)16-9-21(6-12(16)8-23-10-16)7-13-17-3-5-26-13/h3,5,12H,2,4,6-10H2,1H3,(H,18,22)/t12-,16-/m1/s1. The molecule has 0 saturated carbocycles. The Morgan fingerprint density at radius 2 is 2.46 bits per heavy atom. The molecule has 4 rings (SSSR count). The zero-order chi connectivity index (χ0) is 18.0. The molecule has 0 aromatic carbocycles. The van der Waals surface area contributed by atoms with E-state index in [0.29, 0.717) is 44.5 Å². The predicted octanol–water partition coefficient (Wildman–Crippen LogP) is 0.478. The van der Waals surface area contributed by atoms with Crippen LogP contribution < -0.4 is 10.1 Å². The number of carbonyl (C=O) groups excluding carboxylic acids is 1. The van der Waals surface area contributed by atoms with Gasteiger partial charge >= 0.3 is 0 Å². The monoisotopic (exact) mass is 379 g/mol. The second-order valence-corrected chi connectivity index (χ2v) is 7.70. The zero-order valence-electron chi connectivity index (χ0n) is 14.5. The number of nitrogens with one attached hydrogen (secondary N) is 1. The summed E-state index contributed by atoms with van der Waals surface area (Å²) in [5, 5.41) is 13.3. The van der Waals surface area contributed by atoms with Gasteiger partial charge in [0.1, 0.15) is 17.3 Å². The molecule has 2 aromatic rings. The molecule has 0 aliphatic carbocycles. The number of hydrogen-bond donors (Lipinski definition) is 1. The molecule has 0 bridgehead atoms. The summed E-state index contributed by atoms with van der Waals surface area (Å²) in [5.41, 5.74) is 0.107. The van der Waals surface area contributed by atoms with Crippen LogP contribution in [0.1, 0.15) is 10.7 Å². The summed E-state index contributed by atoms with van der Waals surface area (Å²) in [6.07, 6.45) is 1.81. The number of amides is 1. The highest BCUT2D eigenvalue weighted by atomic mass is 32.1. The Balaban J connectivity index is 1.31. The van der Waals surface area contributed by atoms with E-state index in [-0.39, 0.29) is 11.8 Å². The molecule has 0 spiro atoms. The molecule has 2 aliphatic rings. The number of aromatic nitrogens is 3. The van der Waals surface area contributed by atoms with Gasteiger partial charge in [0.2, 0.25) is 5.91 Å². The summed E-state index contributed by atoms with van der Waals surface area (Å²) in [5.74, 6) is 0.598. The fourth-order valence-electron chi connectivity index (χ4n) is 3.65. The first-order chi connectivity index (χ1) is 12.7. The molecule has 2 aromatic heterocycles. The minimum absolute atomic E-state index is 0.0280. The van der Waals surface area contributed by atoms with Crippen molar-refractivity contribution in [3.8, 4) is 5.88 Å². The van der Waals surface area contributed by atoms with E-state index in [4.69, 9.17) is 9.47 Å². The maximum atomic E-state index is 12.9. The highest BCUT2D eigenvalue weighted by Crippen LogP contribution is 2.42. The number of rotatable bonds is 7. The van der Waals surface area contributed by atoms with Gasteiger partial charge < -0.3 is 14.8 Å². The van der Waals surface area contributed by atoms with Crippen molar-refractivity contribution in [3.05, 3.63) is 22.3 Å². The van der Waals surface area contributed by atoms with E-state index in [2.05, 4.69) is 30.1 Å². The molecular formula is C16H21N5O4S. The first-order valence-electron chi connectivity index (χ1n) is 8.56. The van der Waals surface area contributed by atoms with Crippen molar-refractivity contribution >= 4 is 17.2 Å². The molecule has 140 valence electrons. The summed E-state index contributed by atoms with van der Waals surface area (Å²) in [6.45, 7) is 5.87. The first-order valence-corrected chi connectivity index (χ1v) is 9.44. The lowest BCUT2D eigenvalue weighted by Gasteiger charge is -2.26. The lowest BCUT2D eigenvalue weighted by molar-refractivity contribution is -0.131. The number of hydrogen-bond acceptors (Lipinski definition) is 9. The SMILES string of the molecule is Cc1nonc1OCCNC(=O)[C@]12COC[C@H]1CN(Cc1nccs1)C2. The van der Waals surface area contributed by atoms with Crippen molar-refractivity contribution in [2.45, 2.75) is 13.5 Å². The van der Waals surface area contributed by atoms with Gasteiger partial charge in [-0.15, -0.1) is 11.3 Å². The Labute approximate surface area is 154 Å². The molecule has 2 saturated heterocycles. The van der Waals surface area contributed by atoms with Crippen LogP contribution in [0.5, 0.6) is 5.88 Å². The minimum atomic E-state index is -0.484. The van der Waals surface area contributed by atoms with Gasteiger partial charge in [-0.1, -0.05) is 5.16 Å². The van der Waals surface area contributed by atoms with Crippen molar-refractivity contribution in [3.63, 3.8) is 0 Å². The van der Waals surface area contributed by atoms with Crippen LogP contribution >= 0.6 is 11.3 Å². The van der Waals surface area contributed by atoms with E-state index < -0.39 is 5.41 Å². The third-order valence-electron chi connectivity index (χ3n) is 4.98. The first kappa shape index (κ1) is 17.4. The normalized spacial score (nSPS) is 25.3. The Morgan fingerprint density at radius 3 is 3.23 bits per heavy atom. The summed E-state index contributed by atoms with van der Waals surface area (Å²) >= 11 is 1.64.